The van der Waals surface area contributed by atoms with Crippen molar-refractivity contribution in [2.24, 2.45) is 0 Å². The van der Waals surface area contributed by atoms with Gasteiger partial charge >= 0.3 is 5.97 Å². The van der Waals surface area contributed by atoms with Crippen LogP contribution in [0.5, 0.6) is 0 Å². The van der Waals surface area contributed by atoms with Crippen LogP contribution in [0.4, 0.5) is 0 Å². The van der Waals surface area contributed by atoms with Crippen molar-refractivity contribution in [3.63, 3.8) is 0 Å². The molecule has 0 bridgehead atoms. The topological polar surface area (TPSA) is 26.3 Å². The highest BCUT2D eigenvalue weighted by Crippen LogP contribution is 2.17. The van der Waals surface area contributed by atoms with Gasteiger partial charge in [-0.3, -0.25) is 0 Å². The van der Waals surface area contributed by atoms with Gasteiger partial charge in [0.25, 0.3) is 0 Å². The molecule has 0 aromatic heterocycles. The molecule has 15 heavy (non-hydrogen) atoms. The fraction of sp³-hybridized carbons (Fsp3) is 0.750. The Kier molecular flexibility index (Phi) is 6.57. The maximum Gasteiger partial charge on any atom is 0.333 e. The van der Waals surface area contributed by atoms with Crippen LogP contribution in [-0.4, -0.2) is 20.7 Å². The first-order chi connectivity index (χ1) is 6.90. The molecule has 0 amide bonds. The Hall–Kier alpha value is -0.573. The van der Waals surface area contributed by atoms with Gasteiger partial charge in [-0.1, -0.05) is 38.7 Å². The number of hydrogen-bond donors (Lipinski definition) is 0. The first-order valence-corrected chi connectivity index (χ1v) is 9.47. The Morgan fingerprint density at radius 1 is 1.27 bits per heavy atom. The van der Waals surface area contributed by atoms with Crippen LogP contribution in [0.15, 0.2) is 11.6 Å². The maximum atomic E-state index is 11.6. The Balaban J connectivity index is 4.30. The molecule has 0 fully saturated rings. The zero-order chi connectivity index (χ0) is 11.9. The van der Waals surface area contributed by atoms with E-state index in [2.05, 4.69) is 19.6 Å². The van der Waals surface area contributed by atoms with Crippen molar-refractivity contribution in [3.8, 4) is 0 Å². The molecule has 0 atom stereocenters. The molecule has 0 spiro atoms. The van der Waals surface area contributed by atoms with E-state index in [4.69, 9.17) is 4.74 Å². The Labute approximate surface area is 94.7 Å². The number of carbonyl (C=O) groups is 1. The van der Waals surface area contributed by atoms with Gasteiger partial charge in [-0.15, -0.1) is 0 Å². The SMILES string of the molecule is CC/C=C(/CC[Si](C)(C)C)C(=O)OCC. The lowest BCUT2D eigenvalue weighted by molar-refractivity contribution is -0.138. The van der Waals surface area contributed by atoms with Crippen LogP contribution in [-0.2, 0) is 9.53 Å². The Morgan fingerprint density at radius 3 is 2.27 bits per heavy atom. The van der Waals surface area contributed by atoms with Gasteiger partial charge in [0.05, 0.1) is 6.61 Å². The van der Waals surface area contributed by atoms with E-state index in [0.717, 1.165) is 24.5 Å². The van der Waals surface area contributed by atoms with Gasteiger partial charge in [-0.05, 0) is 19.8 Å². The molecule has 0 saturated heterocycles. The molecular weight excluding hydrogens is 204 g/mol. The third-order valence-electron chi connectivity index (χ3n) is 2.13. The lowest BCUT2D eigenvalue weighted by Crippen LogP contribution is -2.20. The molecule has 0 aliphatic carbocycles. The second-order valence-electron chi connectivity index (χ2n) is 4.92. The average Bonchev–Trinajstić information content (AvgIpc) is 2.11. The molecule has 0 N–H and O–H groups in total. The molecule has 0 rings (SSSR count). The van der Waals surface area contributed by atoms with E-state index in [1.54, 1.807) is 0 Å². The molecule has 0 unspecified atom stereocenters. The minimum Gasteiger partial charge on any atom is -0.463 e. The van der Waals surface area contributed by atoms with Crippen molar-refractivity contribution in [2.45, 2.75) is 52.4 Å². The summed E-state index contributed by atoms with van der Waals surface area (Å²) in [6, 6.07) is 1.15. The predicted octanol–water partition coefficient (Wildman–Crippen LogP) is 3.61. The second-order valence-corrected chi connectivity index (χ2v) is 10.5. The van der Waals surface area contributed by atoms with Crippen LogP contribution >= 0.6 is 0 Å². The zero-order valence-electron chi connectivity index (χ0n) is 10.7. The van der Waals surface area contributed by atoms with E-state index in [0.29, 0.717) is 6.61 Å². The predicted molar refractivity (Wildman–Crippen MR) is 67.8 cm³/mol. The number of rotatable bonds is 6. The molecule has 0 aliphatic heterocycles. The first-order valence-electron chi connectivity index (χ1n) is 5.77. The summed E-state index contributed by atoms with van der Waals surface area (Å²) in [6.45, 7) is 11.3. The van der Waals surface area contributed by atoms with Crippen molar-refractivity contribution >= 4 is 14.0 Å². The fourth-order valence-corrected chi connectivity index (χ4v) is 2.29. The summed E-state index contributed by atoms with van der Waals surface area (Å²) >= 11 is 0. The summed E-state index contributed by atoms with van der Waals surface area (Å²) in [5, 5.41) is 0. The number of hydrogen-bond acceptors (Lipinski definition) is 2. The van der Waals surface area contributed by atoms with Gasteiger partial charge in [-0.2, -0.15) is 0 Å². The summed E-state index contributed by atoms with van der Waals surface area (Å²) in [7, 11) is -1.07. The summed E-state index contributed by atoms with van der Waals surface area (Å²) < 4.78 is 5.03. The summed E-state index contributed by atoms with van der Waals surface area (Å²) in [5.41, 5.74) is 0.863. The fourth-order valence-electron chi connectivity index (χ4n) is 1.27. The quantitative estimate of drug-likeness (QED) is 0.394. The van der Waals surface area contributed by atoms with Crippen LogP contribution in [0.1, 0.15) is 26.7 Å². The zero-order valence-corrected chi connectivity index (χ0v) is 11.7. The molecule has 0 aliphatic rings. The number of esters is 1. The third-order valence-corrected chi connectivity index (χ3v) is 3.88. The molecule has 0 radical (unpaired) electrons. The van der Waals surface area contributed by atoms with Crippen LogP contribution in [0.2, 0.25) is 25.7 Å². The van der Waals surface area contributed by atoms with Gasteiger partial charge in [0, 0.05) is 13.6 Å². The summed E-state index contributed by atoms with van der Waals surface area (Å²) in [4.78, 5) is 11.6. The Bertz CT molecular complexity index is 226. The van der Waals surface area contributed by atoms with Crippen molar-refractivity contribution in [1.82, 2.24) is 0 Å². The van der Waals surface area contributed by atoms with Crippen LogP contribution in [0.3, 0.4) is 0 Å². The van der Waals surface area contributed by atoms with E-state index in [-0.39, 0.29) is 5.97 Å². The van der Waals surface area contributed by atoms with Crippen molar-refractivity contribution < 1.29 is 9.53 Å². The van der Waals surface area contributed by atoms with Gasteiger partial charge in [0.15, 0.2) is 0 Å². The molecule has 3 heteroatoms. The average molecular weight is 228 g/mol. The minimum atomic E-state index is -1.07. The van der Waals surface area contributed by atoms with Crippen LogP contribution < -0.4 is 0 Å². The Morgan fingerprint density at radius 2 is 1.87 bits per heavy atom. The highest BCUT2D eigenvalue weighted by Gasteiger charge is 2.17. The van der Waals surface area contributed by atoms with Crippen LogP contribution in [0.25, 0.3) is 0 Å². The monoisotopic (exact) mass is 228 g/mol. The molecule has 88 valence electrons. The van der Waals surface area contributed by atoms with Gasteiger partial charge < -0.3 is 4.74 Å². The van der Waals surface area contributed by atoms with Crippen LogP contribution in [0, 0.1) is 0 Å². The van der Waals surface area contributed by atoms with Gasteiger partial charge in [0.2, 0.25) is 0 Å². The van der Waals surface area contributed by atoms with E-state index in [9.17, 15) is 4.79 Å². The summed E-state index contributed by atoms with van der Waals surface area (Å²) in [6.07, 6.45) is 3.78. The van der Waals surface area contributed by atoms with E-state index < -0.39 is 8.07 Å². The highest BCUT2D eigenvalue weighted by molar-refractivity contribution is 6.76. The van der Waals surface area contributed by atoms with Crippen molar-refractivity contribution in [1.29, 1.82) is 0 Å². The molecule has 0 saturated carbocycles. The molecule has 0 aromatic carbocycles. The molecule has 0 heterocycles. The lowest BCUT2D eigenvalue weighted by Gasteiger charge is -2.16. The standard InChI is InChI=1S/C12H24O2Si/c1-6-8-11(12(13)14-7-2)9-10-15(3,4)5/h8H,6-7,9-10H2,1-5H3/b11-8-. The lowest BCUT2D eigenvalue weighted by atomic mass is 10.2. The van der Waals surface area contributed by atoms with Gasteiger partial charge in [0.1, 0.15) is 0 Å². The number of carbonyl (C=O) groups excluding carboxylic acids is 1. The maximum absolute atomic E-state index is 11.6. The summed E-state index contributed by atoms with van der Waals surface area (Å²) in [5.74, 6) is -0.127. The normalized spacial score (nSPS) is 12.7. The largest absolute Gasteiger partial charge is 0.463 e. The smallest absolute Gasteiger partial charge is 0.333 e. The third kappa shape index (κ3) is 7.37. The van der Waals surface area contributed by atoms with Crippen molar-refractivity contribution in [3.05, 3.63) is 11.6 Å². The molecular formula is C12H24O2Si. The van der Waals surface area contributed by atoms with Crippen molar-refractivity contribution in [2.75, 3.05) is 6.61 Å². The molecule has 0 aromatic rings. The first kappa shape index (κ1) is 14.4. The number of allylic oxidation sites excluding steroid dienone is 1. The highest BCUT2D eigenvalue weighted by atomic mass is 28.3. The second kappa shape index (κ2) is 6.83. The van der Waals surface area contributed by atoms with E-state index >= 15 is 0 Å². The van der Waals surface area contributed by atoms with E-state index in [1.807, 2.05) is 19.9 Å². The van der Waals surface area contributed by atoms with Gasteiger partial charge in [-0.25, -0.2) is 4.79 Å². The molecule has 2 nitrogen and oxygen atoms in total. The number of ether oxygens (including phenoxy) is 1. The minimum absolute atomic E-state index is 0.127. The van der Waals surface area contributed by atoms with E-state index in [1.165, 1.54) is 0 Å².